The lowest BCUT2D eigenvalue weighted by Crippen LogP contribution is -1.85. The highest BCUT2D eigenvalue weighted by Gasteiger charge is 2.01. The van der Waals surface area contributed by atoms with E-state index in [1.54, 1.807) is 0 Å². The van der Waals surface area contributed by atoms with E-state index in [2.05, 4.69) is 6.07 Å². The summed E-state index contributed by atoms with van der Waals surface area (Å²) in [5, 5.41) is 9.33. The Morgan fingerprint density at radius 3 is 2.55 bits per heavy atom. The molecule has 1 rings (SSSR count). The molecule has 0 aliphatic heterocycles. The average molecular weight is 166 g/mol. The summed E-state index contributed by atoms with van der Waals surface area (Å²) in [6.07, 6.45) is 0. The molecule has 0 heterocycles. The van der Waals surface area contributed by atoms with Crippen LogP contribution in [-0.4, -0.2) is 0 Å². The first-order chi connectivity index (χ1) is 5.15. The number of hydrogen-bond acceptors (Lipinski definition) is 1. The highest BCUT2D eigenvalue weighted by Crippen LogP contribution is 2.20. The maximum absolute atomic E-state index is 8.66. The van der Waals surface area contributed by atoms with Gasteiger partial charge in [0, 0.05) is 5.02 Å². The number of nitrogens with zero attached hydrogens (tertiary/aromatic N) is 1. The van der Waals surface area contributed by atoms with Gasteiger partial charge in [-0.05, 0) is 37.1 Å². The third-order valence-corrected chi connectivity index (χ3v) is 2.00. The van der Waals surface area contributed by atoms with E-state index in [0.29, 0.717) is 10.6 Å². The van der Waals surface area contributed by atoms with Crippen LogP contribution in [-0.2, 0) is 0 Å². The third-order valence-electron chi connectivity index (χ3n) is 1.61. The monoisotopic (exact) mass is 165 g/mol. The Bertz CT molecular complexity index is 323. The van der Waals surface area contributed by atoms with Crippen molar-refractivity contribution in [2.24, 2.45) is 0 Å². The fourth-order valence-electron chi connectivity index (χ4n) is 0.931. The molecule has 0 radical (unpaired) electrons. The van der Waals surface area contributed by atoms with E-state index in [-0.39, 0.29) is 0 Å². The molecule has 1 nitrogen and oxygen atoms in total. The average Bonchev–Trinajstić information content (AvgIpc) is 1.96. The van der Waals surface area contributed by atoms with Gasteiger partial charge in [0.1, 0.15) is 0 Å². The SMILES string of the molecule is Cc1cc(Cl)c(C)c(C#N)c1. The van der Waals surface area contributed by atoms with E-state index >= 15 is 0 Å². The van der Waals surface area contributed by atoms with E-state index in [1.807, 2.05) is 26.0 Å². The van der Waals surface area contributed by atoms with Gasteiger partial charge in [-0.2, -0.15) is 5.26 Å². The van der Waals surface area contributed by atoms with Crippen LogP contribution in [0.4, 0.5) is 0 Å². The van der Waals surface area contributed by atoms with Crippen molar-refractivity contribution in [1.29, 1.82) is 5.26 Å². The second kappa shape index (κ2) is 2.94. The van der Waals surface area contributed by atoms with E-state index in [4.69, 9.17) is 16.9 Å². The summed E-state index contributed by atoms with van der Waals surface area (Å²) in [6.45, 7) is 3.77. The van der Waals surface area contributed by atoms with Gasteiger partial charge in [0.05, 0.1) is 11.6 Å². The second-order valence-corrected chi connectivity index (χ2v) is 2.94. The summed E-state index contributed by atoms with van der Waals surface area (Å²) >= 11 is 5.85. The van der Waals surface area contributed by atoms with Crippen LogP contribution in [0.1, 0.15) is 16.7 Å². The van der Waals surface area contributed by atoms with Gasteiger partial charge in [-0.25, -0.2) is 0 Å². The molecule has 0 saturated heterocycles. The molecule has 0 atom stereocenters. The Hall–Kier alpha value is -1.00. The predicted octanol–water partition coefficient (Wildman–Crippen LogP) is 2.83. The van der Waals surface area contributed by atoms with Crippen molar-refractivity contribution in [3.8, 4) is 6.07 Å². The van der Waals surface area contributed by atoms with Crippen LogP contribution in [0.15, 0.2) is 12.1 Å². The third kappa shape index (κ3) is 1.53. The molecule has 1 aromatic carbocycles. The lowest BCUT2D eigenvalue weighted by atomic mass is 10.1. The molecule has 0 bridgehead atoms. The van der Waals surface area contributed by atoms with E-state index in [1.165, 1.54) is 0 Å². The van der Waals surface area contributed by atoms with Crippen LogP contribution >= 0.6 is 11.6 Å². The van der Waals surface area contributed by atoms with E-state index in [0.717, 1.165) is 11.1 Å². The Balaban J connectivity index is 3.39. The molecule has 0 unspecified atom stereocenters. The molecule has 0 amide bonds. The van der Waals surface area contributed by atoms with Crippen LogP contribution in [0.5, 0.6) is 0 Å². The zero-order chi connectivity index (χ0) is 8.43. The number of halogens is 1. The van der Waals surface area contributed by atoms with Crippen LogP contribution in [0.25, 0.3) is 0 Å². The van der Waals surface area contributed by atoms with Gasteiger partial charge in [0.25, 0.3) is 0 Å². The largest absolute Gasteiger partial charge is 0.192 e. The van der Waals surface area contributed by atoms with Gasteiger partial charge in [0.2, 0.25) is 0 Å². The fourth-order valence-corrected chi connectivity index (χ4v) is 1.20. The summed E-state index contributed by atoms with van der Waals surface area (Å²) in [5.41, 5.74) is 2.55. The lowest BCUT2D eigenvalue weighted by molar-refractivity contribution is 1.35. The molecule has 0 spiro atoms. The highest BCUT2D eigenvalue weighted by atomic mass is 35.5. The molecule has 56 valence electrons. The molecule has 0 saturated carbocycles. The molecular weight excluding hydrogens is 158 g/mol. The zero-order valence-electron chi connectivity index (χ0n) is 6.48. The number of aryl methyl sites for hydroxylation is 1. The van der Waals surface area contributed by atoms with Crippen LogP contribution in [0.2, 0.25) is 5.02 Å². The van der Waals surface area contributed by atoms with Crippen molar-refractivity contribution in [2.75, 3.05) is 0 Å². The Labute approximate surface area is 71.2 Å². The smallest absolute Gasteiger partial charge is 0.0995 e. The first kappa shape index (κ1) is 8.10. The van der Waals surface area contributed by atoms with Crippen molar-refractivity contribution >= 4 is 11.6 Å². The Morgan fingerprint density at radius 2 is 2.00 bits per heavy atom. The predicted molar refractivity (Wildman–Crippen MR) is 45.6 cm³/mol. The van der Waals surface area contributed by atoms with E-state index in [9.17, 15) is 0 Å². The standard InChI is InChI=1S/C9H8ClN/c1-6-3-8(5-11)7(2)9(10)4-6/h3-4H,1-2H3. The van der Waals surface area contributed by atoms with Crippen molar-refractivity contribution in [3.63, 3.8) is 0 Å². The van der Waals surface area contributed by atoms with Gasteiger partial charge >= 0.3 is 0 Å². The number of nitriles is 1. The molecule has 11 heavy (non-hydrogen) atoms. The van der Waals surface area contributed by atoms with E-state index < -0.39 is 0 Å². The summed E-state index contributed by atoms with van der Waals surface area (Å²) < 4.78 is 0. The minimum absolute atomic E-state index is 0.662. The Kier molecular flexibility index (Phi) is 2.16. The summed E-state index contributed by atoms with van der Waals surface area (Å²) in [7, 11) is 0. The summed E-state index contributed by atoms with van der Waals surface area (Å²) in [6, 6.07) is 5.79. The molecule has 1 aromatic rings. The van der Waals surface area contributed by atoms with Gasteiger partial charge in [-0.1, -0.05) is 11.6 Å². The first-order valence-corrected chi connectivity index (χ1v) is 3.70. The van der Waals surface area contributed by atoms with Crippen LogP contribution < -0.4 is 0 Å². The summed E-state index contributed by atoms with van der Waals surface area (Å²) in [4.78, 5) is 0. The number of rotatable bonds is 0. The summed E-state index contributed by atoms with van der Waals surface area (Å²) in [5.74, 6) is 0. The quantitative estimate of drug-likeness (QED) is 0.580. The van der Waals surface area contributed by atoms with Crippen LogP contribution in [0.3, 0.4) is 0 Å². The molecular formula is C9H8ClN. The molecule has 2 heteroatoms. The lowest BCUT2D eigenvalue weighted by Gasteiger charge is -2.00. The maximum atomic E-state index is 8.66. The van der Waals surface area contributed by atoms with Crippen molar-refractivity contribution in [2.45, 2.75) is 13.8 Å². The first-order valence-electron chi connectivity index (χ1n) is 3.32. The topological polar surface area (TPSA) is 23.8 Å². The van der Waals surface area contributed by atoms with Crippen molar-refractivity contribution in [1.82, 2.24) is 0 Å². The maximum Gasteiger partial charge on any atom is 0.0995 e. The molecule has 0 N–H and O–H groups in total. The normalized spacial score (nSPS) is 9.27. The minimum atomic E-state index is 0.662. The second-order valence-electron chi connectivity index (χ2n) is 2.53. The molecule has 0 fully saturated rings. The number of hydrogen-bond donors (Lipinski definition) is 0. The van der Waals surface area contributed by atoms with Crippen molar-refractivity contribution in [3.05, 3.63) is 33.8 Å². The highest BCUT2D eigenvalue weighted by molar-refractivity contribution is 6.31. The van der Waals surface area contributed by atoms with Crippen LogP contribution in [0, 0.1) is 25.2 Å². The zero-order valence-corrected chi connectivity index (χ0v) is 7.24. The number of benzene rings is 1. The molecule has 0 aliphatic carbocycles. The van der Waals surface area contributed by atoms with Gasteiger partial charge < -0.3 is 0 Å². The van der Waals surface area contributed by atoms with Gasteiger partial charge in [-0.3, -0.25) is 0 Å². The Morgan fingerprint density at radius 1 is 1.36 bits per heavy atom. The van der Waals surface area contributed by atoms with Crippen molar-refractivity contribution < 1.29 is 0 Å². The molecule has 0 aromatic heterocycles. The minimum Gasteiger partial charge on any atom is -0.192 e. The van der Waals surface area contributed by atoms with Gasteiger partial charge in [0.15, 0.2) is 0 Å². The molecule has 0 aliphatic rings. The fraction of sp³-hybridized carbons (Fsp3) is 0.222. The van der Waals surface area contributed by atoms with Gasteiger partial charge in [-0.15, -0.1) is 0 Å².